The molecule has 0 unspecified atom stereocenters. The van der Waals surface area contributed by atoms with Crippen molar-refractivity contribution in [2.45, 2.75) is 13.1 Å². The molecule has 2 aromatic heterocycles. The van der Waals surface area contributed by atoms with Crippen LogP contribution in [0.15, 0.2) is 58.5 Å². The number of anilines is 1. The van der Waals surface area contributed by atoms with Crippen LogP contribution in [0.4, 0.5) is 5.69 Å². The molecular weight excluding hydrogens is 302 g/mol. The highest BCUT2D eigenvalue weighted by atomic mass is 16.3. The molecular formula is C18H17N5O. The second kappa shape index (κ2) is 6.25. The zero-order chi connectivity index (χ0) is 16.4. The fourth-order valence-corrected chi connectivity index (χ4v) is 2.74. The second-order valence-corrected chi connectivity index (χ2v) is 5.83. The van der Waals surface area contributed by atoms with E-state index in [1.54, 1.807) is 12.4 Å². The minimum atomic E-state index is 0.748. The number of hydrazone groups is 1. The highest BCUT2D eigenvalue weighted by Gasteiger charge is 2.16. The van der Waals surface area contributed by atoms with E-state index >= 15 is 0 Å². The van der Waals surface area contributed by atoms with E-state index in [1.165, 1.54) is 12.0 Å². The summed E-state index contributed by atoms with van der Waals surface area (Å²) in [6, 6.07) is 11.9. The first kappa shape index (κ1) is 14.6. The van der Waals surface area contributed by atoms with Crippen molar-refractivity contribution in [2.75, 3.05) is 12.5 Å². The fourth-order valence-electron chi connectivity index (χ4n) is 2.74. The maximum Gasteiger partial charge on any atom is 0.181 e. The van der Waals surface area contributed by atoms with E-state index in [0.29, 0.717) is 0 Å². The van der Waals surface area contributed by atoms with Gasteiger partial charge in [0.05, 0.1) is 29.5 Å². The Bertz CT molecular complexity index is 856. The van der Waals surface area contributed by atoms with E-state index in [4.69, 9.17) is 4.42 Å². The third-order valence-electron chi connectivity index (χ3n) is 3.94. The first-order valence-corrected chi connectivity index (χ1v) is 7.73. The van der Waals surface area contributed by atoms with Crippen LogP contribution in [-0.2, 0) is 13.1 Å². The Kier molecular flexibility index (Phi) is 3.80. The topological polar surface area (TPSA) is 66.5 Å². The molecule has 0 saturated carbocycles. The molecule has 0 aliphatic carbocycles. The number of benzene rings is 1. The first-order valence-electron chi connectivity index (χ1n) is 7.73. The highest BCUT2D eigenvalue weighted by Crippen LogP contribution is 2.21. The lowest BCUT2D eigenvalue weighted by molar-refractivity contribution is 0.351. The summed E-state index contributed by atoms with van der Waals surface area (Å²) in [6.45, 7) is 1.86. The molecule has 0 fully saturated rings. The van der Waals surface area contributed by atoms with E-state index in [0.717, 1.165) is 41.5 Å². The molecule has 0 spiro atoms. The summed E-state index contributed by atoms with van der Waals surface area (Å²) in [7, 11) is 2.10. The number of oxazole rings is 1. The molecule has 0 amide bonds. The monoisotopic (exact) mass is 319 g/mol. The normalized spacial score (nSPS) is 14.2. The molecule has 24 heavy (non-hydrogen) atoms. The molecule has 3 aromatic rings. The van der Waals surface area contributed by atoms with Crippen LogP contribution >= 0.6 is 0 Å². The lowest BCUT2D eigenvalue weighted by Gasteiger charge is -2.02. The van der Waals surface area contributed by atoms with Gasteiger partial charge in [-0.05, 0) is 42.9 Å². The lowest BCUT2D eigenvalue weighted by atomic mass is 10.2. The van der Waals surface area contributed by atoms with Crippen molar-refractivity contribution in [3.63, 3.8) is 0 Å². The molecule has 120 valence electrons. The van der Waals surface area contributed by atoms with Gasteiger partial charge in [-0.15, -0.1) is 0 Å². The summed E-state index contributed by atoms with van der Waals surface area (Å²) in [5, 5.41) is 4.26. The average molecular weight is 319 g/mol. The van der Waals surface area contributed by atoms with E-state index < -0.39 is 0 Å². The SMILES string of the molecule is CN1Cc2ccc(/C=N/Nc3ccc(-c4cnco4)cc3)nc2C1. The predicted molar refractivity (Wildman–Crippen MR) is 92.6 cm³/mol. The molecule has 6 nitrogen and oxygen atoms in total. The van der Waals surface area contributed by atoms with Crippen LogP contribution in [0.3, 0.4) is 0 Å². The van der Waals surface area contributed by atoms with Gasteiger partial charge in [0, 0.05) is 18.7 Å². The molecule has 0 atom stereocenters. The van der Waals surface area contributed by atoms with Gasteiger partial charge < -0.3 is 4.42 Å². The van der Waals surface area contributed by atoms with Gasteiger partial charge >= 0.3 is 0 Å². The van der Waals surface area contributed by atoms with E-state index in [2.05, 4.69) is 38.5 Å². The molecule has 1 N–H and O–H groups in total. The fraction of sp³-hybridized carbons (Fsp3) is 0.167. The minimum absolute atomic E-state index is 0.748. The molecule has 1 aliphatic rings. The molecule has 1 aliphatic heterocycles. The molecule has 0 saturated heterocycles. The molecule has 3 heterocycles. The Labute approximate surface area is 139 Å². The third kappa shape index (κ3) is 3.04. The average Bonchev–Trinajstić information content (AvgIpc) is 3.24. The minimum Gasteiger partial charge on any atom is -0.444 e. The van der Waals surface area contributed by atoms with Gasteiger partial charge in [0.2, 0.25) is 0 Å². The maximum atomic E-state index is 5.27. The highest BCUT2D eigenvalue weighted by molar-refractivity contribution is 5.78. The summed E-state index contributed by atoms with van der Waals surface area (Å²) in [5.41, 5.74) is 8.18. The van der Waals surface area contributed by atoms with Crippen LogP contribution in [-0.4, -0.2) is 28.1 Å². The number of pyridine rings is 1. The number of fused-ring (bicyclic) bond motifs is 1. The molecule has 0 radical (unpaired) electrons. The Hall–Kier alpha value is -2.99. The van der Waals surface area contributed by atoms with Gasteiger partial charge in [-0.1, -0.05) is 6.07 Å². The largest absolute Gasteiger partial charge is 0.444 e. The number of nitrogens with zero attached hydrogens (tertiary/aromatic N) is 4. The Morgan fingerprint density at radius 2 is 2.04 bits per heavy atom. The van der Waals surface area contributed by atoms with Crippen molar-refractivity contribution in [3.05, 3.63) is 65.9 Å². The smallest absolute Gasteiger partial charge is 0.181 e. The number of hydrogen-bond acceptors (Lipinski definition) is 6. The van der Waals surface area contributed by atoms with Gasteiger partial charge in [0.25, 0.3) is 0 Å². The van der Waals surface area contributed by atoms with Crippen LogP contribution in [0.5, 0.6) is 0 Å². The quantitative estimate of drug-likeness (QED) is 0.591. The summed E-state index contributed by atoms with van der Waals surface area (Å²) < 4.78 is 5.27. The van der Waals surface area contributed by atoms with Crippen molar-refractivity contribution < 1.29 is 4.42 Å². The summed E-state index contributed by atoms with van der Waals surface area (Å²) >= 11 is 0. The van der Waals surface area contributed by atoms with Crippen LogP contribution in [0.1, 0.15) is 17.0 Å². The van der Waals surface area contributed by atoms with Gasteiger partial charge in [-0.25, -0.2) is 4.98 Å². The summed E-state index contributed by atoms with van der Waals surface area (Å²) in [4.78, 5) is 10.8. The maximum absolute atomic E-state index is 5.27. The van der Waals surface area contributed by atoms with Crippen molar-refractivity contribution >= 4 is 11.9 Å². The van der Waals surface area contributed by atoms with Crippen LogP contribution in [0, 0.1) is 0 Å². The van der Waals surface area contributed by atoms with Crippen molar-refractivity contribution in [3.8, 4) is 11.3 Å². The van der Waals surface area contributed by atoms with Crippen LogP contribution in [0.25, 0.3) is 11.3 Å². The van der Waals surface area contributed by atoms with E-state index in [-0.39, 0.29) is 0 Å². The van der Waals surface area contributed by atoms with E-state index in [1.807, 2.05) is 30.3 Å². The second-order valence-electron chi connectivity index (χ2n) is 5.83. The van der Waals surface area contributed by atoms with Gasteiger partial charge in [0.15, 0.2) is 12.2 Å². The molecule has 4 rings (SSSR count). The molecule has 6 heteroatoms. The number of aromatic nitrogens is 2. The lowest BCUT2D eigenvalue weighted by Crippen LogP contribution is -2.07. The van der Waals surface area contributed by atoms with E-state index in [9.17, 15) is 0 Å². The van der Waals surface area contributed by atoms with Gasteiger partial charge in [-0.3, -0.25) is 15.3 Å². The van der Waals surface area contributed by atoms with Crippen molar-refractivity contribution in [1.82, 2.24) is 14.9 Å². The standard InChI is InChI=1S/C18H17N5O/c1-23-10-14-4-7-16(21-17(14)11-23)8-20-22-15-5-2-13(3-6-15)18-9-19-12-24-18/h2-9,12,22H,10-11H2,1H3/b20-8+. The first-order chi connectivity index (χ1) is 11.8. The van der Waals surface area contributed by atoms with Crippen molar-refractivity contribution in [1.29, 1.82) is 0 Å². The zero-order valence-electron chi connectivity index (χ0n) is 13.3. The summed E-state index contributed by atoms with van der Waals surface area (Å²) in [6.07, 6.45) is 4.85. The van der Waals surface area contributed by atoms with Gasteiger partial charge in [-0.2, -0.15) is 5.10 Å². The zero-order valence-corrected chi connectivity index (χ0v) is 13.3. The Morgan fingerprint density at radius 3 is 2.83 bits per heavy atom. The Morgan fingerprint density at radius 1 is 1.17 bits per heavy atom. The predicted octanol–water partition coefficient (Wildman–Crippen LogP) is 3.13. The van der Waals surface area contributed by atoms with Gasteiger partial charge in [0.1, 0.15) is 0 Å². The van der Waals surface area contributed by atoms with Crippen LogP contribution in [0.2, 0.25) is 0 Å². The molecule has 0 bridgehead atoms. The Balaban J connectivity index is 1.41. The van der Waals surface area contributed by atoms with Crippen LogP contribution < -0.4 is 5.43 Å². The van der Waals surface area contributed by atoms with Crippen molar-refractivity contribution in [2.24, 2.45) is 5.10 Å². The number of nitrogens with one attached hydrogen (secondary N) is 1. The molecule has 1 aromatic carbocycles. The summed E-state index contributed by atoms with van der Waals surface area (Å²) in [5.74, 6) is 0.748. The number of hydrogen-bond donors (Lipinski definition) is 1. The third-order valence-corrected chi connectivity index (χ3v) is 3.94. The number of rotatable bonds is 4.